The van der Waals surface area contributed by atoms with E-state index in [4.69, 9.17) is 5.73 Å². The molecular weight excluding hydrogens is 184 g/mol. The van der Waals surface area contributed by atoms with E-state index >= 15 is 0 Å². The number of rotatable bonds is 2. The topological polar surface area (TPSA) is 86.9 Å². The minimum Gasteiger partial charge on any atom is -0.364 e. The van der Waals surface area contributed by atoms with Crippen molar-refractivity contribution in [3.8, 4) is 11.4 Å². The SMILES string of the molecule is Cn1nc(-c2ccon2)cc1C(N)=O. The molecule has 0 spiro atoms. The molecule has 2 aromatic heterocycles. The highest BCUT2D eigenvalue weighted by Gasteiger charge is 2.12. The first-order chi connectivity index (χ1) is 6.68. The second-order valence-electron chi connectivity index (χ2n) is 2.79. The molecule has 0 aliphatic rings. The number of amides is 1. The van der Waals surface area contributed by atoms with Gasteiger partial charge in [0.2, 0.25) is 0 Å². The molecule has 0 bridgehead atoms. The van der Waals surface area contributed by atoms with Crippen LogP contribution < -0.4 is 5.73 Å². The van der Waals surface area contributed by atoms with Gasteiger partial charge < -0.3 is 10.3 Å². The second kappa shape index (κ2) is 2.99. The van der Waals surface area contributed by atoms with Crippen LogP contribution in [0.4, 0.5) is 0 Å². The number of aromatic nitrogens is 3. The monoisotopic (exact) mass is 192 g/mol. The van der Waals surface area contributed by atoms with Gasteiger partial charge in [-0.15, -0.1) is 0 Å². The van der Waals surface area contributed by atoms with E-state index in [0.29, 0.717) is 17.1 Å². The van der Waals surface area contributed by atoms with Crippen LogP contribution in [0.15, 0.2) is 22.9 Å². The zero-order valence-electron chi connectivity index (χ0n) is 7.47. The van der Waals surface area contributed by atoms with E-state index in [0.717, 1.165) is 0 Å². The van der Waals surface area contributed by atoms with E-state index in [-0.39, 0.29) is 0 Å². The molecule has 0 unspecified atom stereocenters. The summed E-state index contributed by atoms with van der Waals surface area (Å²) in [7, 11) is 1.64. The summed E-state index contributed by atoms with van der Waals surface area (Å²) in [5.41, 5.74) is 6.62. The summed E-state index contributed by atoms with van der Waals surface area (Å²) in [5, 5.41) is 7.76. The minimum atomic E-state index is -0.519. The number of primary amides is 1. The maximum absolute atomic E-state index is 10.9. The van der Waals surface area contributed by atoms with Crippen molar-refractivity contribution in [1.82, 2.24) is 14.9 Å². The summed E-state index contributed by atoms with van der Waals surface area (Å²) in [6.07, 6.45) is 1.44. The Labute approximate surface area is 79.3 Å². The number of hydrogen-bond acceptors (Lipinski definition) is 4. The molecule has 72 valence electrons. The maximum Gasteiger partial charge on any atom is 0.266 e. The Hall–Kier alpha value is -2.11. The molecule has 0 fully saturated rings. The Morgan fingerprint density at radius 2 is 2.36 bits per heavy atom. The first-order valence-electron chi connectivity index (χ1n) is 3.93. The van der Waals surface area contributed by atoms with Crippen molar-refractivity contribution in [2.45, 2.75) is 0 Å². The van der Waals surface area contributed by atoms with E-state index < -0.39 is 5.91 Å². The molecule has 6 nitrogen and oxygen atoms in total. The van der Waals surface area contributed by atoms with Crippen LogP contribution >= 0.6 is 0 Å². The second-order valence-corrected chi connectivity index (χ2v) is 2.79. The summed E-state index contributed by atoms with van der Waals surface area (Å²) >= 11 is 0. The standard InChI is InChI=1S/C8H8N4O2/c1-12-7(8(9)13)4-6(10-12)5-2-3-14-11-5/h2-4H,1H3,(H2,9,13). The Bertz CT molecular complexity index is 458. The average Bonchev–Trinajstić information content (AvgIpc) is 2.70. The fraction of sp³-hybridized carbons (Fsp3) is 0.125. The molecule has 6 heteroatoms. The predicted molar refractivity (Wildman–Crippen MR) is 47.2 cm³/mol. The number of aryl methyl sites for hydroxylation is 1. The Morgan fingerprint density at radius 1 is 1.57 bits per heavy atom. The van der Waals surface area contributed by atoms with Gasteiger partial charge >= 0.3 is 0 Å². The molecule has 0 radical (unpaired) electrons. The van der Waals surface area contributed by atoms with Gasteiger partial charge in [-0.3, -0.25) is 9.48 Å². The van der Waals surface area contributed by atoms with E-state index in [1.165, 1.54) is 10.9 Å². The third kappa shape index (κ3) is 1.26. The molecule has 0 saturated heterocycles. The molecule has 14 heavy (non-hydrogen) atoms. The largest absolute Gasteiger partial charge is 0.364 e. The van der Waals surface area contributed by atoms with Gasteiger partial charge in [-0.1, -0.05) is 5.16 Å². The fourth-order valence-corrected chi connectivity index (χ4v) is 1.17. The van der Waals surface area contributed by atoms with Crippen LogP contribution in [-0.2, 0) is 7.05 Å². The number of hydrogen-bond donors (Lipinski definition) is 1. The first kappa shape index (κ1) is 8.49. The van der Waals surface area contributed by atoms with E-state index in [1.54, 1.807) is 19.2 Å². The maximum atomic E-state index is 10.9. The van der Waals surface area contributed by atoms with Crippen LogP contribution in [-0.4, -0.2) is 20.8 Å². The van der Waals surface area contributed by atoms with Crippen molar-refractivity contribution in [1.29, 1.82) is 0 Å². The van der Waals surface area contributed by atoms with Gasteiger partial charge in [0.05, 0.1) is 0 Å². The molecule has 0 atom stereocenters. The molecule has 1 amide bonds. The van der Waals surface area contributed by atoms with Gasteiger partial charge in [0.1, 0.15) is 23.3 Å². The number of carbonyl (C=O) groups is 1. The van der Waals surface area contributed by atoms with Crippen molar-refractivity contribution in [3.63, 3.8) is 0 Å². The quantitative estimate of drug-likeness (QED) is 0.734. The highest BCUT2D eigenvalue weighted by Crippen LogP contribution is 2.15. The van der Waals surface area contributed by atoms with Crippen LogP contribution in [0.2, 0.25) is 0 Å². The van der Waals surface area contributed by atoms with E-state index in [9.17, 15) is 4.79 Å². The van der Waals surface area contributed by atoms with Gasteiger partial charge in [0, 0.05) is 13.1 Å². The molecule has 0 aliphatic carbocycles. The number of nitrogens with two attached hydrogens (primary N) is 1. The molecule has 0 aromatic carbocycles. The number of carbonyl (C=O) groups excluding carboxylic acids is 1. The minimum absolute atomic E-state index is 0.336. The molecule has 2 aromatic rings. The third-order valence-electron chi connectivity index (χ3n) is 1.83. The van der Waals surface area contributed by atoms with E-state index in [2.05, 4.69) is 14.8 Å². The van der Waals surface area contributed by atoms with Crippen molar-refractivity contribution >= 4 is 5.91 Å². The van der Waals surface area contributed by atoms with Gasteiger partial charge in [0.25, 0.3) is 5.91 Å². The van der Waals surface area contributed by atoms with Crippen molar-refractivity contribution in [2.75, 3.05) is 0 Å². The van der Waals surface area contributed by atoms with Crippen molar-refractivity contribution in [3.05, 3.63) is 24.1 Å². The Kier molecular flexibility index (Phi) is 1.81. The zero-order chi connectivity index (χ0) is 10.1. The average molecular weight is 192 g/mol. The lowest BCUT2D eigenvalue weighted by atomic mass is 10.3. The van der Waals surface area contributed by atoms with Crippen LogP contribution in [0.1, 0.15) is 10.5 Å². The van der Waals surface area contributed by atoms with Crippen LogP contribution in [0.3, 0.4) is 0 Å². The molecule has 2 rings (SSSR count). The lowest BCUT2D eigenvalue weighted by Gasteiger charge is -1.92. The normalized spacial score (nSPS) is 10.4. The lowest BCUT2D eigenvalue weighted by molar-refractivity contribution is 0.0991. The summed E-state index contributed by atoms with van der Waals surface area (Å²) in [6.45, 7) is 0. The summed E-state index contributed by atoms with van der Waals surface area (Å²) in [4.78, 5) is 10.9. The van der Waals surface area contributed by atoms with Crippen LogP contribution in [0.25, 0.3) is 11.4 Å². The van der Waals surface area contributed by atoms with Crippen molar-refractivity contribution in [2.24, 2.45) is 12.8 Å². The summed E-state index contributed by atoms with van der Waals surface area (Å²) < 4.78 is 6.07. The van der Waals surface area contributed by atoms with Crippen LogP contribution in [0, 0.1) is 0 Å². The smallest absolute Gasteiger partial charge is 0.266 e. The summed E-state index contributed by atoms with van der Waals surface area (Å²) in [6, 6.07) is 3.23. The highest BCUT2D eigenvalue weighted by molar-refractivity contribution is 5.92. The molecule has 2 heterocycles. The Balaban J connectivity index is 2.48. The van der Waals surface area contributed by atoms with Gasteiger partial charge in [0.15, 0.2) is 0 Å². The van der Waals surface area contributed by atoms with Gasteiger partial charge in [-0.05, 0) is 6.07 Å². The Morgan fingerprint density at radius 3 is 2.86 bits per heavy atom. The van der Waals surface area contributed by atoms with Gasteiger partial charge in [-0.2, -0.15) is 5.10 Å². The molecule has 0 saturated carbocycles. The predicted octanol–water partition coefficient (Wildman–Crippen LogP) is 0.174. The zero-order valence-corrected chi connectivity index (χ0v) is 7.47. The van der Waals surface area contributed by atoms with Crippen molar-refractivity contribution < 1.29 is 9.32 Å². The van der Waals surface area contributed by atoms with Crippen LogP contribution in [0.5, 0.6) is 0 Å². The first-order valence-corrected chi connectivity index (χ1v) is 3.93. The number of nitrogens with zero attached hydrogens (tertiary/aromatic N) is 3. The molecular formula is C8H8N4O2. The molecule has 0 aliphatic heterocycles. The molecule has 2 N–H and O–H groups in total. The fourth-order valence-electron chi connectivity index (χ4n) is 1.17. The lowest BCUT2D eigenvalue weighted by Crippen LogP contribution is -2.15. The van der Waals surface area contributed by atoms with E-state index in [1.807, 2.05) is 0 Å². The van der Waals surface area contributed by atoms with Gasteiger partial charge in [-0.25, -0.2) is 0 Å². The highest BCUT2D eigenvalue weighted by atomic mass is 16.5. The third-order valence-corrected chi connectivity index (χ3v) is 1.83. The summed E-state index contributed by atoms with van der Waals surface area (Å²) in [5.74, 6) is -0.519.